The van der Waals surface area contributed by atoms with Crippen molar-refractivity contribution in [3.8, 4) is 11.3 Å². The van der Waals surface area contributed by atoms with E-state index in [-0.39, 0.29) is 17.6 Å². The molecule has 2 heterocycles. The van der Waals surface area contributed by atoms with Crippen LogP contribution in [0.5, 0.6) is 0 Å². The molecule has 0 unspecified atom stereocenters. The van der Waals surface area contributed by atoms with E-state index >= 15 is 0 Å². The minimum atomic E-state index is -0.254. The molecule has 1 aromatic heterocycles. The highest BCUT2D eigenvalue weighted by Gasteiger charge is 2.32. The van der Waals surface area contributed by atoms with Crippen LogP contribution in [-0.2, 0) is 11.8 Å². The Kier molecular flexibility index (Phi) is 4.08. The fourth-order valence-electron chi connectivity index (χ4n) is 3.20. The Morgan fingerprint density at radius 2 is 2.00 bits per heavy atom. The molecular weight excluding hydrogens is 325 g/mol. The number of amides is 1. The van der Waals surface area contributed by atoms with Gasteiger partial charge in [-0.05, 0) is 43.0 Å². The zero-order valence-electron chi connectivity index (χ0n) is 13.6. The Morgan fingerprint density at radius 1 is 1.29 bits per heavy atom. The molecule has 6 heteroatoms. The first-order valence-electron chi connectivity index (χ1n) is 8.35. The number of aromatic nitrogens is 2. The van der Waals surface area contributed by atoms with Gasteiger partial charge in [0.1, 0.15) is 11.6 Å². The summed E-state index contributed by atoms with van der Waals surface area (Å²) in [6.45, 7) is 0. The maximum absolute atomic E-state index is 13.2. The third kappa shape index (κ3) is 2.73. The van der Waals surface area contributed by atoms with E-state index in [4.69, 9.17) is 0 Å². The monoisotopic (exact) mass is 345 g/mol. The Morgan fingerprint density at radius 3 is 2.54 bits per heavy atom. The maximum atomic E-state index is 13.2. The van der Waals surface area contributed by atoms with E-state index in [1.165, 1.54) is 18.6 Å². The molecule has 1 aliphatic heterocycles. The number of anilines is 1. The summed E-state index contributed by atoms with van der Waals surface area (Å²) in [5, 5.41) is 7.75. The number of nitrogens with one attached hydrogen (secondary N) is 1. The van der Waals surface area contributed by atoms with Crippen LogP contribution >= 0.6 is 11.8 Å². The fourth-order valence-corrected chi connectivity index (χ4v) is 3.97. The largest absolute Gasteiger partial charge is 0.310 e. The number of aryl methyl sites for hydroxylation is 1. The predicted molar refractivity (Wildman–Crippen MR) is 94.6 cm³/mol. The summed E-state index contributed by atoms with van der Waals surface area (Å²) in [6, 6.07) is 6.43. The lowest BCUT2D eigenvalue weighted by atomic mass is 9.79. The number of hydrogen-bond acceptors (Lipinski definition) is 3. The standard InChI is InChI=1S/C18H20FN3OS/c1-22-17(20-18(23)13-9-24-10-13)15(11-3-2-4-11)16(21-22)12-5-7-14(19)8-6-12/h5-8,11,13H,2-4,9-10H2,1H3,(H,20,23). The first-order valence-corrected chi connectivity index (χ1v) is 9.50. The van der Waals surface area contributed by atoms with Crippen molar-refractivity contribution in [2.45, 2.75) is 25.2 Å². The van der Waals surface area contributed by atoms with Gasteiger partial charge in [0.05, 0.1) is 11.6 Å². The Bertz CT molecular complexity index is 763. The first kappa shape index (κ1) is 15.7. The summed E-state index contributed by atoms with van der Waals surface area (Å²) in [6.07, 6.45) is 3.43. The van der Waals surface area contributed by atoms with Gasteiger partial charge in [-0.3, -0.25) is 9.48 Å². The molecule has 1 aliphatic carbocycles. The van der Waals surface area contributed by atoms with Crippen LogP contribution < -0.4 is 5.32 Å². The topological polar surface area (TPSA) is 46.9 Å². The number of benzene rings is 1. The van der Waals surface area contributed by atoms with Gasteiger partial charge in [0.25, 0.3) is 0 Å². The molecule has 1 amide bonds. The van der Waals surface area contributed by atoms with Gasteiger partial charge in [-0.25, -0.2) is 4.39 Å². The third-order valence-corrected chi connectivity index (χ3v) is 6.24. The molecular formula is C18H20FN3OS. The maximum Gasteiger partial charge on any atom is 0.230 e. The van der Waals surface area contributed by atoms with E-state index < -0.39 is 0 Å². The van der Waals surface area contributed by atoms with Gasteiger partial charge < -0.3 is 5.32 Å². The van der Waals surface area contributed by atoms with E-state index in [9.17, 15) is 9.18 Å². The second kappa shape index (κ2) is 6.24. The number of carbonyl (C=O) groups excluding carboxylic acids is 1. The van der Waals surface area contributed by atoms with Crippen LogP contribution in [0.1, 0.15) is 30.7 Å². The van der Waals surface area contributed by atoms with E-state index in [1.807, 2.05) is 7.05 Å². The molecule has 0 bridgehead atoms. The van der Waals surface area contributed by atoms with Gasteiger partial charge in [-0.15, -0.1) is 0 Å². The smallest absolute Gasteiger partial charge is 0.230 e. The van der Waals surface area contributed by atoms with Crippen LogP contribution in [0.4, 0.5) is 10.2 Å². The molecule has 1 saturated carbocycles. The SMILES string of the molecule is Cn1nc(-c2ccc(F)cc2)c(C2CCC2)c1NC(=O)C1CSC1. The van der Waals surface area contributed by atoms with Crippen molar-refractivity contribution >= 4 is 23.5 Å². The number of hydrogen-bond donors (Lipinski definition) is 1. The summed E-state index contributed by atoms with van der Waals surface area (Å²) in [5.74, 6) is 2.96. The van der Waals surface area contributed by atoms with Crippen molar-refractivity contribution in [2.75, 3.05) is 16.8 Å². The molecule has 1 saturated heterocycles. The van der Waals surface area contributed by atoms with Crippen molar-refractivity contribution in [1.82, 2.24) is 9.78 Å². The van der Waals surface area contributed by atoms with Crippen molar-refractivity contribution in [3.63, 3.8) is 0 Å². The highest BCUT2D eigenvalue weighted by Crippen LogP contribution is 2.44. The minimum Gasteiger partial charge on any atom is -0.310 e. The first-order chi connectivity index (χ1) is 11.6. The number of rotatable bonds is 4. The number of halogens is 1. The fraction of sp³-hybridized carbons (Fsp3) is 0.444. The highest BCUT2D eigenvalue weighted by atomic mass is 32.2. The predicted octanol–water partition coefficient (Wildman–Crippen LogP) is 3.80. The van der Waals surface area contributed by atoms with E-state index in [0.29, 0.717) is 5.92 Å². The number of thioether (sulfide) groups is 1. The molecule has 2 fully saturated rings. The minimum absolute atomic E-state index is 0.0861. The van der Waals surface area contributed by atoms with Crippen molar-refractivity contribution in [2.24, 2.45) is 13.0 Å². The summed E-state index contributed by atoms with van der Waals surface area (Å²) in [7, 11) is 1.86. The zero-order chi connectivity index (χ0) is 16.7. The van der Waals surface area contributed by atoms with Gasteiger partial charge >= 0.3 is 0 Å². The zero-order valence-corrected chi connectivity index (χ0v) is 14.4. The normalized spacial score (nSPS) is 18.1. The Labute approximate surface area is 144 Å². The molecule has 2 aromatic rings. The van der Waals surface area contributed by atoms with Crippen LogP contribution in [-0.4, -0.2) is 27.2 Å². The molecule has 1 aromatic carbocycles. The molecule has 0 radical (unpaired) electrons. The molecule has 126 valence electrons. The van der Waals surface area contributed by atoms with Crippen LogP contribution in [0.3, 0.4) is 0 Å². The van der Waals surface area contributed by atoms with Gasteiger partial charge in [0.15, 0.2) is 0 Å². The van der Waals surface area contributed by atoms with Crippen LogP contribution in [0.25, 0.3) is 11.3 Å². The summed E-state index contributed by atoms with van der Waals surface area (Å²) in [5.41, 5.74) is 2.87. The highest BCUT2D eigenvalue weighted by molar-refractivity contribution is 8.00. The van der Waals surface area contributed by atoms with Gasteiger partial charge in [0, 0.05) is 29.7 Å². The van der Waals surface area contributed by atoms with E-state index in [0.717, 1.165) is 47.0 Å². The molecule has 4 nitrogen and oxygen atoms in total. The summed E-state index contributed by atoms with van der Waals surface area (Å²) >= 11 is 1.80. The molecule has 4 rings (SSSR count). The van der Waals surface area contributed by atoms with Crippen molar-refractivity contribution in [3.05, 3.63) is 35.6 Å². The van der Waals surface area contributed by atoms with Gasteiger partial charge in [0.2, 0.25) is 5.91 Å². The van der Waals surface area contributed by atoms with Crippen LogP contribution in [0.15, 0.2) is 24.3 Å². The molecule has 0 atom stereocenters. The average molecular weight is 345 g/mol. The van der Waals surface area contributed by atoms with Crippen LogP contribution in [0.2, 0.25) is 0 Å². The van der Waals surface area contributed by atoms with Crippen molar-refractivity contribution in [1.29, 1.82) is 0 Å². The number of carbonyl (C=O) groups is 1. The molecule has 1 N–H and O–H groups in total. The third-order valence-electron chi connectivity index (χ3n) is 4.97. The van der Waals surface area contributed by atoms with Gasteiger partial charge in [-0.2, -0.15) is 16.9 Å². The lowest BCUT2D eigenvalue weighted by molar-refractivity contribution is -0.118. The second-order valence-electron chi connectivity index (χ2n) is 6.59. The lowest BCUT2D eigenvalue weighted by Crippen LogP contribution is -2.33. The average Bonchev–Trinajstić information content (AvgIpc) is 2.74. The van der Waals surface area contributed by atoms with E-state index in [2.05, 4.69) is 10.4 Å². The van der Waals surface area contributed by atoms with Crippen LogP contribution in [0, 0.1) is 11.7 Å². The lowest BCUT2D eigenvalue weighted by Gasteiger charge is -2.28. The molecule has 24 heavy (non-hydrogen) atoms. The second-order valence-corrected chi connectivity index (χ2v) is 7.67. The molecule has 2 aliphatic rings. The number of nitrogens with zero attached hydrogens (tertiary/aromatic N) is 2. The molecule has 0 spiro atoms. The Balaban J connectivity index is 1.72. The quantitative estimate of drug-likeness (QED) is 0.917. The Hall–Kier alpha value is -1.82. The van der Waals surface area contributed by atoms with E-state index in [1.54, 1.807) is 28.6 Å². The van der Waals surface area contributed by atoms with Gasteiger partial charge in [-0.1, -0.05) is 6.42 Å². The van der Waals surface area contributed by atoms with Crippen molar-refractivity contribution < 1.29 is 9.18 Å². The summed E-state index contributed by atoms with van der Waals surface area (Å²) < 4.78 is 15.0. The summed E-state index contributed by atoms with van der Waals surface area (Å²) in [4.78, 5) is 12.4.